The lowest BCUT2D eigenvalue weighted by molar-refractivity contribution is 0.0600. The molecule has 0 amide bonds. The standard InChI is InChI=1S/C14H10N2O3S/c1-19-14(18)10-6-4-8-15-12(10)16-13(17)9-5-2-3-7-11(9)20-16/h2-8H,1H3. The van der Waals surface area contributed by atoms with Crippen molar-refractivity contribution in [3.05, 3.63) is 58.5 Å². The number of hydrogen-bond donors (Lipinski definition) is 0. The van der Waals surface area contributed by atoms with Gasteiger partial charge in [-0.1, -0.05) is 12.1 Å². The first kappa shape index (κ1) is 12.6. The van der Waals surface area contributed by atoms with Crippen LogP contribution in [0.4, 0.5) is 0 Å². The quantitative estimate of drug-likeness (QED) is 0.678. The molecule has 3 aromatic rings. The predicted molar refractivity (Wildman–Crippen MR) is 76.6 cm³/mol. The third kappa shape index (κ3) is 1.90. The van der Waals surface area contributed by atoms with Gasteiger partial charge in [0, 0.05) is 6.20 Å². The molecule has 100 valence electrons. The summed E-state index contributed by atoms with van der Waals surface area (Å²) in [6.45, 7) is 0. The highest BCUT2D eigenvalue weighted by Crippen LogP contribution is 2.21. The molecule has 2 aromatic heterocycles. The van der Waals surface area contributed by atoms with Crippen LogP contribution >= 0.6 is 11.5 Å². The lowest BCUT2D eigenvalue weighted by atomic mass is 10.2. The minimum Gasteiger partial charge on any atom is -0.465 e. The Bertz CT molecular complexity index is 851. The number of nitrogens with zero attached hydrogens (tertiary/aromatic N) is 2. The zero-order chi connectivity index (χ0) is 14.1. The number of carbonyl (C=O) groups is 1. The fraction of sp³-hybridized carbons (Fsp3) is 0.0714. The van der Waals surface area contributed by atoms with E-state index in [1.807, 2.05) is 12.1 Å². The molecule has 3 rings (SSSR count). The van der Waals surface area contributed by atoms with Gasteiger partial charge in [0.1, 0.15) is 5.56 Å². The summed E-state index contributed by atoms with van der Waals surface area (Å²) in [7, 11) is 1.30. The van der Waals surface area contributed by atoms with Crippen molar-refractivity contribution in [3.8, 4) is 5.82 Å². The van der Waals surface area contributed by atoms with E-state index in [0.29, 0.717) is 11.2 Å². The third-order valence-electron chi connectivity index (χ3n) is 2.88. The van der Waals surface area contributed by atoms with Gasteiger partial charge in [-0.3, -0.25) is 4.79 Å². The van der Waals surface area contributed by atoms with Crippen LogP contribution in [0.3, 0.4) is 0 Å². The third-order valence-corrected chi connectivity index (χ3v) is 3.95. The molecule has 0 aliphatic rings. The van der Waals surface area contributed by atoms with Crippen LogP contribution < -0.4 is 5.56 Å². The Labute approximate surface area is 118 Å². The molecular formula is C14H10N2O3S. The summed E-state index contributed by atoms with van der Waals surface area (Å²) in [5.41, 5.74) is 0.0816. The fourth-order valence-corrected chi connectivity index (χ4v) is 2.94. The van der Waals surface area contributed by atoms with E-state index in [1.54, 1.807) is 30.5 Å². The monoisotopic (exact) mass is 286 g/mol. The zero-order valence-corrected chi connectivity index (χ0v) is 11.4. The summed E-state index contributed by atoms with van der Waals surface area (Å²) >= 11 is 1.25. The molecule has 0 aliphatic heterocycles. The van der Waals surface area contributed by atoms with Crippen molar-refractivity contribution in [2.75, 3.05) is 7.11 Å². The molecule has 0 fully saturated rings. The highest BCUT2D eigenvalue weighted by atomic mass is 32.1. The molecule has 1 aromatic carbocycles. The molecule has 5 nitrogen and oxygen atoms in total. The molecule has 0 atom stereocenters. The summed E-state index contributed by atoms with van der Waals surface area (Å²) in [5.74, 6) is -0.219. The number of carbonyl (C=O) groups excluding carboxylic acids is 1. The minimum absolute atomic E-state index is 0.186. The highest BCUT2D eigenvalue weighted by molar-refractivity contribution is 7.14. The number of aromatic nitrogens is 2. The van der Waals surface area contributed by atoms with E-state index in [4.69, 9.17) is 4.74 Å². The van der Waals surface area contributed by atoms with E-state index in [-0.39, 0.29) is 11.1 Å². The first-order valence-electron chi connectivity index (χ1n) is 5.87. The largest absolute Gasteiger partial charge is 0.465 e. The maximum Gasteiger partial charge on any atom is 0.341 e. The number of fused-ring (bicyclic) bond motifs is 1. The van der Waals surface area contributed by atoms with Gasteiger partial charge in [0.25, 0.3) is 5.56 Å². The van der Waals surface area contributed by atoms with Gasteiger partial charge in [-0.05, 0) is 35.8 Å². The van der Waals surface area contributed by atoms with Gasteiger partial charge in [-0.25, -0.2) is 13.7 Å². The molecule has 2 heterocycles. The summed E-state index contributed by atoms with van der Waals surface area (Å²) in [4.78, 5) is 28.3. The van der Waals surface area contributed by atoms with Crippen molar-refractivity contribution in [1.29, 1.82) is 0 Å². The maximum absolute atomic E-state index is 12.4. The molecule has 0 aliphatic carbocycles. The molecule has 0 spiro atoms. The van der Waals surface area contributed by atoms with Crippen molar-refractivity contribution >= 4 is 27.6 Å². The van der Waals surface area contributed by atoms with Gasteiger partial charge in [0.2, 0.25) is 0 Å². The topological polar surface area (TPSA) is 61.2 Å². The first-order chi connectivity index (χ1) is 9.72. The van der Waals surface area contributed by atoms with Crippen molar-refractivity contribution in [2.24, 2.45) is 0 Å². The van der Waals surface area contributed by atoms with Crippen LogP contribution in [0.15, 0.2) is 47.4 Å². The Morgan fingerprint density at radius 2 is 2.05 bits per heavy atom. The molecule has 20 heavy (non-hydrogen) atoms. The summed E-state index contributed by atoms with van der Waals surface area (Å²) in [5, 5.41) is 0.610. The van der Waals surface area contributed by atoms with Crippen molar-refractivity contribution in [1.82, 2.24) is 8.94 Å². The minimum atomic E-state index is -0.516. The van der Waals surface area contributed by atoms with Crippen LogP contribution in [0.2, 0.25) is 0 Å². The van der Waals surface area contributed by atoms with Crippen LogP contribution in [0.1, 0.15) is 10.4 Å². The second kappa shape index (κ2) is 4.90. The van der Waals surface area contributed by atoms with Crippen LogP contribution in [0, 0.1) is 0 Å². The Kier molecular flexibility index (Phi) is 3.08. The van der Waals surface area contributed by atoms with Gasteiger partial charge in [0.05, 0.1) is 17.2 Å². The molecule has 0 N–H and O–H groups in total. The second-order valence-electron chi connectivity index (χ2n) is 4.05. The van der Waals surface area contributed by atoms with E-state index < -0.39 is 5.97 Å². The van der Waals surface area contributed by atoms with E-state index in [9.17, 15) is 9.59 Å². The van der Waals surface area contributed by atoms with Gasteiger partial charge >= 0.3 is 5.97 Å². The SMILES string of the molecule is COC(=O)c1cccnc1-n1sc2ccccc2c1=O. The smallest absolute Gasteiger partial charge is 0.341 e. The molecule has 6 heteroatoms. The van der Waals surface area contributed by atoms with Crippen molar-refractivity contribution in [2.45, 2.75) is 0 Å². The average molecular weight is 286 g/mol. The Morgan fingerprint density at radius 1 is 1.25 bits per heavy atom. The molecule has 0 bridgehead atoms. The van der Waals surface area contributed by atoms with Gasteiger partial charge < -0.3 is 4.74 Å². The maximum atomic E-state index is 12.4. The highest BCUT2D eigenvalue weighted by Gasteiger charge is 2.17. The Morgan fingerprint density at radius 3 is 2.80 bits per heavy atom. The zero-order valence-electron chi connectivity index (χ0n) is 10.6. The second-order valence-corrected chi connectivity index (χ2v) is 5.04. The summed E-state index contributed by atoms with van der Waals surface area (Å²) in [6.07, 6.45) is 1.54. The fourth-order valence-electron chi connectivity index (χ4n) is 1.94. The molecule has 0 saturated carbocycles. The number of methoxy groups -OCH3 is 1. The number of rotatable bonds is 2. The molecule has 0 saturated heterocycles. The van der Waals surface area contributed by atoms with Gasteiger partial charge in [-0.2, -0.15) is 0 Å². The van der Waals surface area contributed by atoms with Gasteiger partial charge in [0.15, 0.2) is 5.82 Å². The van der Waals surface area contributed by atoms with E-state index in [0.717, 1.165) is 4.70 Å². The van der Waals surface area contributed by atoms with E-state index >= 15 is 0 Å². The van der Waals surface area contributed by atoms with E-state index in [2.05, 4.69) is 4.98 Å². The molecule has 0 radical (unpaired) electrons. The van der Waals surface area contributed by atoms with Crippen molar-refractivity contribution < 1.29 is 9.53 Å². The Hall–Kier alpha value is -2.47. The number of esters is 1. The van der Waals surface area contributed by atoms with Crippen LogP contribution in [0.25, 0.3) is 15.9 Å². The normalized spacial score (nSPS) is 10.7. The predicted octanol–water partition coefficient (Wildman–Crippen LogP) is 2.23. The Balaban J connectivity index is 2.29. The summed E-state index contributed by atoms with van der Waals surface area (Å²) in [6, 6.07) is 10.5. The lowest BCUT2D eigenvalue weighted by Crippen LogP contribution is -2.16. The van der Waals surface area contributed by atoms with Gasteiger partial charge in [-0.15, -0.1) is 0 Å². The molecule has 0 unspecified atom stereocenters. The number of hydrogen-bond acceptors (Lipinski definition) is 5. The first-order valence-corrected chi connectivity index (χ1v) is 6.64. The molecular weight excluding hydrogens is 276 g/mol. The van der Waals surface area contributed by atoms with Crippen LogP contribution in [0.5, 0.6) is 0 Å². The number of benzene rings is 1. The summed E-state index contributed by atoms with van der Waals surface area (Å²) < 4.78 is 6.98. The van der Waals surface area contributed by atoms with Crippen LogP contribution in [-0.2, 0) is 4.74 Å². The van der Waals surface area contributed by atoms with E-state index in [1.165, 1.54) is 22.6 Å². The van der Waals surface area contributed by atoms with Crippen LogP contribution in [-0.4, -0.2) is 22.0 Å². The number of pyridine rings is 1. The van der Waals surface area contributed by atoms with Crippen molar-refractivity contribution in [3.63, 3.8) is 0 Å². The lowest BCUT2D eigenvalue weighted by Gasteiger charge is -2.05. The average Bonchev–Trinajstić information content (AvgIpc) is 2.84. The number of ether oxygens (including phenoxy) is 1.